The molecule has 1 heterocycles. The molecule has 5 heteroatoms. The monoisotopic (exact) mass is 241 g/mol. The van der Waals surface area contributed by atoms with Crippen molar-refractivity contribution in [1.29, 1.82) is 0 Å². The van der Waals surface area contributed by atoms with E-state index in [0.29, 0.717) is 15.7 Å². The van der Waals surface area contributed by atoms with Crippen LogP contribution in [-0.2, 0) is 0 Å². The minimum atomic E-state index is 0.498. The Labute approximate surface area is 97.4 Å². The lowest BCUT2D eigenvalue weighted by Gasteiger charge is -2.06. The molecule has 2 N–H and O–H groups in total. The Balaban J connectivity index is 2.59. The minimum absolute atomic E-state index is 0.498. The van der Waals surface area contributed by atoms with E-state index in [0.717, 1.165) is 11.4 Å². The molecule has 0 fully saturated rings. The number of hydrogen-bond acceptors (Lipinski definition) is 2. The molecule has 0 spiro atoms. The van der Waals surface area contributed by atoms with Crippen molar-refractivity contribution in [3.05, 3.63) is 40.1 Å². The predicted molar refractivity (Wildman–Crippen MR) is 62.7 cm³/mol. The summed E-state index contributed by atoms with van der Waals surface area (Å²) in [7, 11) is 0. The second kappa shape index (κ2) is 3.76. The third kappa shape index (κ3) is 1.80. The largest absolute Gasteiger partial charge is 0.396 e. The van der Waals surface area contributed by atoms with E-state index in [1.807, 2.05) is 19.1 Å². The van der Waals surface area contributed by atoms with Crippen molar-refractivity contribution in [2.45, 2.75) is 6.92 Å². The van der Waals surface area contributed by atoms with E-state index in [1.54, 1.807) is 16.9 Å². The van der Waals surface area contributed by atoms with E-state index in [1.165, 1.54) is 0 Å². The Kier molecular flexibility index (Phi) is 2.59. The average molecular weight is 242 g/mol. The van der Waals surface area contributed by atoms with Gasteiger partial charge in [-0.15, -0.1) is 0 Å². The van der Waals surface area contributed by atoms with Crippen LogP contribution in [0.2, 0.25) is 10.0 Å². The number of aryl methyl sites for hydroxylation is 1. The molecule has 2 aromatic rings. The number of nitrogen functional groups attached to an aromatic ring is 1. The summed E-state index contributed by atoms with van der Waals surface area (Å²) in [6.45, 7) is 1.83. The maximum Gasteiger partial charge on any atom is 0.0890 e. The Hall–Kier alpha value is -1.19. The van der Waals surface area contributed by atoms with Crippen molar-refractivity contribution in [3.8, 4) is 5.69 Å². The molecular weight excluding hydrogens is 233 g/mol. The van der Waals surface area contributed by atoms with Crippen molar-refractivity contribution < 1.29 is 0 Å². The molecule has 0 aliphatic rings. The Morgan fingerprint density at radius 3 is 2.60 bits per heavy atom. The number of para-hydroxylation sites is 1. The van der Waals surface area contributed by atoms with Gasteiger partial charge in [0.15, 0.2) is 0 Å². The van der Waals surface area contributed by atoms with E-state index >= 15 is 0 Å². The summed E-state index contributed by atoms with van der Waals surface area (Å²) in [6, 6.07) is 5.39. The molecule has 78 valence electrons. The summed E-state index contributed by atoms with van der Waals surface area (Å²) in [6.07, 6.45) is 1.71. The standard InChI is InChI=1S/C10H9Cl2N3/c1-6-8(12)5-15(14-6)9-4-2-3-7(11)10(9)13/h2-5H,13H2,1H3. The molecule has 1 aromatic heterocycles. The quantitative estimate of drug-likeness (QED) is 0.781. The van der Waals surface area contributed by atoms with Gasteiger partial charge in [-0.05, 0) is 19.1 Å². The molecule has 0 aliphatic carbocycles. The van der Waals surface area contributed by atoms with Crippen LogP contribution in [0.4, 0.5) is 5.69 Å². The van der Waals surface area contributed by atoms with E-state index in [-0.39, 0.29) is 0 Å². The van der Waals surface area contributed by atoms with Crippen molar-refractivity contribution in [1.82, 2.24) is 9.78 Å². The number of aromatic nitrogens is 2. The molecule has 0 aliphatic heterocycles. The van der Waals surface area contributed by atoms with Crippen molar-refractivity contribution >= 4 is 28.9 Å². The molecule has 2 rings (SSSR count). The van der Waals surface area contributed by atoms with Crippen LogP contribution in [0, 0.1) is 6.92 Å². The van der Waals surface area contributed by atoms with Gasteiger partial charge in [-0.1, -0.05) is 29.3 Å². The smallest absolute Gasteiger partial charge is 0.0890 e. The van der Waals surface area contributed by atoms with Crippen molar-refractivity contribution in [2.75, 3.05) is 5.73 Å². The third-order valence-corrected chi connectivity index (χ3v) is 2.82. The topological polar surface area (TPSA) is 43.8 Å². The predicted octanol–water partition coefficient (Wildman–Crippen LogP) is 3.07. The summed E-state index contributed by atoms with van der Waals surface area (Å²) >= 11 is 11.8. The lowest BCUT2D eigenvalue weighted by Crippen LogP contribution is -2.00. The second-order valence-corrected chi connectivity index (χ2v) is 3.99. The average Bonchev–Trinajstić information content (AvgIpc) is 2.51. The lowest BCUT2D eigenvalue weighted by molar-refractivity contribution is 0.865. The maximum atomic E-state index is 5.91. The second-order valence-electron chi connectivity index (χ2n) is 3.18. The fourth-order valence-electron chi connectivity index (χ4n) is 1.29. The molecule has 0 saturated carbocycles. The number of rotatable bonds is 1. The van der Waals surface area contributed by atoms with Gasteiger partial charge in [0.25, 0.3) is 0 Å². The van der Waals surface area contributed by atoms with E-state index in [2.05, 4.69) is 5.10 Å². The first kappa shape index (κ1) is 10.3. The molecule has 3 nitrogen and oxygen atoms in total. The lowest BCUT2D eigenvalue weighted by atomic mass is 10.3. The zero-order chi connectivity index (χ0) is 11.0. The van der Waals surface area contributed by atoms with Crippen LogP contribution in [0.15, 0.2) is 24.4 Å². The van der Waals surface area contributed by atoms with Crippen LogP contribution in [-0.4, -0.2) is 9.78 Å². The van der Waals surface area contributed by atoms with Crippen LogP contribution in [0.5, 0.6) is 0 Å². The number of anilines is 1. The SMILES string of the molecule is Cc1nn(-c2cccc(Cl)c2N)cc1Cl. The first-order valence-corrected chi connectivity index (χ1v) is 5.11. The molecule has 0 saturated heterocycles. The minimum Gasteiger partial charge on any atom is -0.396 e. The third-order valence-electron chi connectivity index (χ3n) is 2.12. The molecule has 1 aromatic carbocycles. The van der Waals surface area contributed by atoms with Gasteiger partial charge in [0.05, 0.1) is 27.1 Å². The molecule has 0 atom stereocenters. The van der Waals surface area contributed by atoms with Crippen LogP contribution in [0.3, 0.4) is 0 Å². The highest BCUT2D eigenvalue weighted by Crippen LogP contribution is 2.26. The Bertz CT molecular complexity index is 486. The van der Waals surface area contributed by atoms with E-state index in [9.17, 15) is 0 Å². The van der Waals surface area contributed by atoms with E-state index < -0.39 is 0 Å². The zero-order valence-corrected chi connectivity index (χ0v) is 9.55. The fraction of sp³-hybridized carbons (Fsp3) is 0.100. The van der Waals surface area contributed by atoms with Crippen LogP contribution < -0.4 is 5.73 Å². The van der Waals surface area contributed by atoms with Gasteiger partial charge in [-0.2, -0.15) is 5.10 Å². The van der Waals surface area contributed by atoms with Gasteiger partial charge in [-0.25, -0.2) is 4.68 Å². The first-order valence-electron chi connectivity index (χ1n) is 4.35. The highest BCUT2D eigenvalue weighted by atomic mass is 35.5. The van der Waals surface area contributed by atoms with Crippen molar-refractivity contribution in [2.24, 2.45) is 0 Å². The van der Waals surface area contributed by atoms with Crippen LogP contribution in [0.25, 0.3) is 5.69 Å². The summed E-state index contributed by atoms with van der Waals surface area (Å²) in [4.78, 5) is 0. The Morgan fingerprint density at radius 1 is 1.27 bits per heavy atom. The Morgan fingerprint density at radius 2 is 2.00 bits per heavy atom. The number of halogens is 2. The van der Waals surface area contributed by atoms with Gasteiger partial charge in [-0.3, -0.25) is 0 Å². The molecule has 0 bridgehead atoms. The van der Waals surface area contributed by atoms with E-state index in [4.69, 9.17) is 28.9 Å². The molecule has 0 radical (unpaired) electrons. The molecule has 15 heavy (non-hydrogen) atoms. The number of nitrogens with two attached hydrogens (primary N) is 1. The highest BCUT2D eigenvalue weighted by Gasteiger charge is 2.08. The van der Waals surface area contributed by atoms with Crippen molar-refractivity contribution in [3.63, 3.8) is 0 Å². The first-order chi connectivity index (χ1) is 7.09. The molecular formula is C10H9Cl2N3. The van der Waals surface area contributed by atoms with Gasteiger partial charge in [0, 0.05) is 6.20 Å². The van der Waals surface area contributed by atoms with Gasteiger partial charge in [0.2, 0.25) is 0 Å². The normalized spacial score (nSPS) is 10.6. The maximum absolute atomic E-state index is 5.91. The fourth-order valence-corrected chi connectivity index (χ4v) is 1.59. The number of nitrogens with zero attached hydrogens (tertiary/aromatic N) is 2. The molecule has 0 amide bonds. The van der Waals surface area contributed by atoms with Gasteiger partial charge < -0.3 is 5.73 Å². The summed E-state index contributed by atoms with van der Waals surface area (Å²) in [5.41, 5.74) is 7.83. The summed E-state index contributed by atoms with van der Waals surface area (Å²) < 4.78 is 1.62. The van der Waals surface area contributed by atoms with Crippen LogP contribution >= 0.6 is 23.2 Å². The summed E-state index contributed by atoms with van der Waals surface area (Å²) in [5, 5.41) is 5.35. The zero-order valence-electron chi connectivity index (χ0n) is 8.04. The molecule has 0 unspecified atom stereocenters. The van der Waals surface area contributed by atoms with Gasteiger partial charge in [0.1, 0.15) is 0 Å². The summed E-state index contributed by atoms with van der Waals surface area (Å²) in [5.74, 6) is 0. The van der Waals surface area contributed by atoms with Gasteiger partial charge >= 0.3 is 0 Å². The number of benzene rings is 1. The highest BCUT2D eigenvalue weighted by molar-refractivity contribution is 6.33. The number of hydrogen-bond donors (Lipinski definition) is 1. The van der Waals surface area contributed by atoms with Crippen LogP contribution in [0.1, 0.15) is 5.69 Å².